The van der Waals surface area contributed by atoms with E-state index in [2.05, 4.69) is 0 Å². The summed E-state index contributed by atoms with van der Waals surface area (Å²) < 4.78 is 4.95. The second kappa shape index (κ2) is 7.05. The highest BCUT2D eigenvalue weighted by Gasteiger charge is 2.49. The molecule has 0 saturated carbocycles. The van der Waals surface area contributed by atoms with E-state index >= 15 is 0 Å². The molecular formula is C15H20O5. The van der Waals surface area contributed by atoms with Gasteiger partial charge in [0.1, 0.15) is 0 Å². The van der Waals surface area contributed by atoms with Gasteiger partial charge >= 0.3 is 11.9 Å². The Balaban J connectivity index is 3.27. The molecule has 1 aromatic rings. The van der Waals surface area contributed by atoms with Gasteiger partial charge in [-0.2, -0.15) is 0 Å². The minimum absolute atomic E-state index is 0.0111. The van der Waals surface area contributed by atoms with Crippen molar-refractivity contribution in [2.45, 2.75) is 38.2 Å². The van der Waals surface area contributed by atoms with Crippen LogP contribution in [-0.2, 0) is 19.7 Å². The fourth-order valence-electron chi connectivity index (χ4n) is 2.08. The van der Waals surface area contributed by atoms with Gasteiger partial charge in [-0.1, -0.05) is 30.3 Å². The van der Waals surface area contributed by atoms with Crippen molar-refractivity contribution in [1.29, 1.82) is 0 Å². The fourth-order valence-corrected chi connectivity index (χ4v) is 2.08. The largest absolute Gasteiger partial charge is 0.480 e. The zero-order chi connectivity index (χ0) is 15.2. The van der Waals surface area contributed by atoms with E-state index in [0.29, 0.717) is 5.56 Å². The maximum atomic E-state index is 12.2. The van der Waals surface area contributed by atoms with Crippen molar-refractivity contribution in [3.8, 4) is 0 Å². The summed E-state index contributed by atoms with van der Waals surface area (Å²) in [5.41, 5.74) is -1.40. The Kier molecular flexibility index (Phi) is 5.70. The summed E-state index contributed by atoms with van der Waals surface area (Å²) in [5.74, 6) is -2.05. The van der Waals surface area contributed by atoms with Gasteiger partial charge in [0.2, 0.25) is 0 Å². The van der Waals surface area contributed by atoms with Gasteiger partial charge in [0.05, 0.1) is 12.7 Å². The highest BCUT2D eigenvalue weighted by Crippen LogP contribution is 2.32. The van der Waals surface area contributed by atoms with Crippen molar-refractivity contribution >= 4 is 11.9 Å². The van der Waals surface area contributed by atoms with Crippen LogP contribution in [0.2, 0.25) is 0 Å². The number of aliphatic carboxylic acids is 1. The zero-order valence-electron chi connectivity index (χ0n) is 11.7. The SMILES string of the molecule is CCOC(=O)C(CCC(C)O)(C(=O)O)c1ccccc1. The van der Waals surface area contributed by atoms with Crippen LogP contribution in [0.15, 0.2) is 30.3 Å². The molecule has 5 nitrogen and oxygen atoms in total. The Morgan fingerprint density at radius 1 is 1.30 bits per heavy atom. The van der Waals surface area contributed by atoms with Gasteiger partial charge in [-0.05, 0) is 32.3 Å². The fraction of sp³-hybridized carbons (Fsp3) is 0.467. The summed E-state index contributed by atoms with van der Waals surface area (Å²) in [4.78, 5) is 24.0. The Morgan fingerprint density at radius 2 is 1.90 bits per heavy atom. The van der Waals surface area contributed by atoms with E-state index in [1.165, 1.54) is 0 Å². The first-order valence-corrected chi connectivity index (χ1v) is 6.59. The topological polar surface area (TPSA) is 83.8 Å². The number of carbonyl (C=O) groups excluding carboxylic acids is 1. The standard InChI is InChI=1S/C15H20O5/c1-3-20-14(19)15(13(17)18,10-9-11(2)16)12-7-5-4-6-8-12/h4-8,11,16H,3,9-10H2,1-2H3,(H,17,18). The van der Waals surface area contributed by atoms with Gasteiger partial charge in [-0.25, -0.2) is 0 Å². The maximum Gasteiger partial charge on any atom is 0.328 e. The normalized spacial score (nSPS) is 15.2. The van der Waals surface area contributed by atoms with Gasteiger partial charge < -0.3 is 14.9 Å². The molecule has 0 fully saturated rings. The molecule has 0 aliphatic heterocycles. The number of aliphatic hydroxyl groups is 1. The number of rotatable bonds is 7. The van der Waals surface area contributed by atoms with Gasteiger partial charge in [0.15, 0.2) is 5.41 Å². The first-order chi connectivity index (χ1) is 9.45. The molecule has 0 bridgehead atoms. The van der Waals surface area contributed by atoms with Crippen molar-refractivity contribution in [1.82, 2.24) is 0 Å². The van der Waals surface area contributed by atoms with Crippen LogP contribution in [0.25, 0.3) is 0 Å². The lowest BCUT2D eigenvalue weighted by molar-refractivity contribution is -0.162. The van der Waals surface area contributed by atoms with Crippen molar-refractivity contribution in [2.75, 3.05) is 6.61 Å². The van der Waals surface area contributed by atoms with E-state index in [0.717, 1.165) is 0 Å². The zero-order valence-corrected chi connectivity index (χ0v) is 11.7. The van der Waals surface area contributed by atoms with Crippen molar-refractivity contribution in [3.05, 3.63) is 35.9 Å². The molecule has 2 unspecified atom stereocenters. The summed E-state index contributed by atoms with van der Waals surface area (Å²) in [6, 6.07) is 8.28. The van der Waals surface area contributed by atoms with Gasteiger partial charge in [0.25, 0.3) is 0 Å². The van der Waals surface area contributed by atoms with Crippen LogP contribution in [0.1, 0.15) is 32.3 Å². The number of esters is 1. The average Bonchev–Trinajstić information content (AvgIpc) is 2.40. The molecular weight excluding hydrogens is 260 g/mol. The van der Waals surface area contributed by atoms with Crippen LogP contribution in [0.4, 0.5) is 0 Å². The Labute approximate surface area is 118 Å². The summed E-state index contributed by atoms with van der Waals surface area (Å²) in [6.45, 7) is 3.29. The Morgan fingerprint density at radius 3 is 2.35 bits per heavy atom. The minimum Gasteiger partial charge on any atom is -0.480 e. The molecule has 0 aliphatic carbocycles. The summed E-state index contributed by atoms with van der Waals surface area (Å²) in [5, 5.41) is 19.0. The first kappa shape index (κ1) is 16.2. The van der Waals surface area contributed by atoms with Crippen LogP contribution in [0.3, 0.4) is 0 Å². The molecule has 110 valence electrons. The molecule has 0 aliphatic rings. The lowest BCUT2D eigenvalue weighted by Gasteiger charge is -2.28. The van der Waals surface area contributed by atoms with E-state index in [1.54, 1.807) is 44.2 Å². The smallest absolute Gasteiger partial charge is 0.328 e. The number of hydrogen-bond donors (Lipinski definition) is 2. The molecule has 1 rings (SSSR count). The predicted molar refractivity (Wildman–Crippen MR) is 73.3 cm³/mol. The van der Waals surface area contributed by atoms with Crippen molar-refractivity contribution in [3.63, 3.8) is 0 Å². The van der Waals surface area contributed by atoms with E-state index in [9.17, 15) is 19.8 Å². The number of carbonyl (C=O) groups is 2. The lowest BCUT2D eigenvalue weighted by atomic mass is 9.76. The van der Waals surface area contributed by atoms with E-state index in [-0.39, 0.29) is 19.4 Å². The molecule has 2 N–H and O–H groups in total. The number of benzene rings is 1. The highest BCUT2D eigenvalue weighted by atomic mass is 16.5. The van der Waals surface area contributed by atoms with Gasteiger partial charge in [0, 0.05) is 0 Å². The third-order valence-electron chi connectivity index (χ3n) is 3.19. The molecule has 0 spiro atoms. The molecule has 1 aromatic carbocycles. The average molecular weight is 280 g/mol. The quantitative estimate of drug-likeness (QED) is 0.587. The maximum absolute atomic E-state index is 12.2. The van der Waals surface area contributed by atoms with Crippen LogP contribution in [0.5, 0.6) is 0 Å². The monoisotopic (exact) mass is 280 g/mol. The summed E-state index contributed by atoms with van der Waals surface area (Å²) in [7, 11) is 0. The number of aliphatic hydroxyl groups excluding tert-OH is 1. The Hall–Kier alpha value is -1.88. The Bertz CT molecular complexity index is 455. The third-order valence-corrected chi connectivity index (χ3v) is 3.19. The van der Waals surface area contributed by atoms with Crippen molar-refractivity contribution < 1.29 is 24.5 Å². The van der Waals surface area contributed by atoms with Crippen LogP contribution in [0, 0.1) is 0 Å². The number of carboxylic acid groups (broad SMARTS) is 1. The highest BCUT2D eigenvalue weighted by molar-refractivity contribution is 6.05. The predicted octanol–water partition coefficient (Wildman–Crippen LogP) is 1.73. The molecule has 20 heavy (non-hydrogen) atoms. The lowest BCUT2D eigenvalue weighted by Crippen LogP contribution is -2.45. The summed E-state index contributed by atoms with van der Waals surface area (Å²) >= 11 is 0. The molecule has 0 saturated heterocycles. The second-order valence-electron chi connectivity index (χ2n) is 4.68. The molecule has 5 heteroatoms. The molecule has 0 radical (unpaired) electrons. The molecule has 0 amide bonds. The van der Waals surface area contributed by atoms with Crippen LogP contribution >= 0.6 is 0 Å². The van der Waals surface area contributed by atoms with E-state index in [4.69, 9.17) is 4.74 Å². The van der Waals surface area contributed by atoms with Gasteiger partial charge in [-0.3, -0.25) is 9.59 Å². The van der Waals surface area contributed by atoms with Gasteiger partial charge in [-0.15, -0.1) is 0 Å². The minimum atomic E-state index is -1.77. The third kappa shape index (κ3) is 3.36. The number of hydrogen-bond acceptors (Lipinski definition) is 4. The van der Waals surface area contributed by atoms with E-state index in [1.807, 2.05) is 0 Å². The second-order valence-corrected chi connectivity index (χ2v) is 4.68. The van der Waals surface area contributed by atoms with Crippen LogP contribution in [-0.4, -0.2) is 34.9 Å². The van der Waals surface area contributed by atoms with E-state index < -0.39 is 23.5 Å². The summed E-state index contributed by atoms with van der Waals surface area (Å²) in [6.07, 6.45) is -0.505. The van der Waals surface area contributed by atoms with Crippen molar-refractivity contribution in [2.24, 2.45) is 0 Å². The number of carboxylic acids is 1. The molecule has 0 aromatic heterocycles. The first-order valence-electron chi connectivity index (χ1n) is 6.59. The molecule has 0 heterocycles. The van der Waals surface area contributed by atoms with Crippen LogP contribution < -0.4 is 0 Å². The number of ether oxygens (including phenoxy) is 1. The molecule has 2 atom stereocenters.